The quantitative estimate of drug-likeness (QED) is 0.294. The van der Waals surface area contributed by atoms with Crippen LogP contribution in [-0.4, -0.2) is 53.4 Å². The maximum atomic E-state index is 13.7. The van der Waals surface area contributed by atoms with Gasteiger partial charge in [0.15, 0.2) is 5.78 Å². The monoisotopic (exact) mass is 517 g/mol. The maximum absolute atomic E-state index is 13.7. The van der Waals surface area contributed by atoms with E-state index in [0.29, 0.717) is 22.5 Å². The fourth-order valence-electron chi connectivity index (χ4n) is 5.69. The lowest BCUT2D eigenvalue weighted by molar-refractivity contribution is 0.104. The number of ketones is 1. The van der Waals surface area contributed by atoms with Crippen LogP contribution in [0.25, 0.3) is 33.6 Å². The number of rotatable bonds is 6. The molecule has 2 N–H and O–H groups in total. The Labute approximate surface area is 230 Å². The molecule has 6 rings (SSSR count). The average Bonchev–Trinajstić information content (AvgIpc) is 3.24. The van der Waals surface area contributed by atoms with Crippen LogP contribution in [0.15, 0.2) is 66.7 Å². The normalized spacial score (nSPS) is 15.1. The molecule has 6 nitrogen and oxygen atoms in total. The summed E-state index contributed by atoms with van der Waals surface area (Å²) in [6.07, 6.45) is 1.25. The highest BCUT2D eigenvalue weighted by atomic mass is 16.1. The lowest BCUT2D eigenvalue weighted by Crippen LogP contribution is -2.46. The van der Waals surface area contributed by atoms with Gasteiger partial charge < -0.3 is 10.6 Å². The SMILES string of the molecule is Cc1ccc(-c2nc(N)nc3c2C(=O)c2cccc(-c4ccc(N5CCN(CCC(C)C)CC5)cc4)c2-3)cc1. The first kappa shape index (κ1) is 25.3. The zero-order valence-electron chi connectivity index (χ0n) is 22.9. The molecule has 0 unspecified atom stereocenters. The molecular weight excluding hydrogens is 482 g/mol. The molecule has 0 radical (unpaired) electrons. The number of piperazine rings is 1. The third kappa shape index (κ3) is 4.81. The third-order valence-corrected chi connectivity index (χ3v) is 7.96. The number of benzene rings is 3. The van der Waals surface area contributed by atoms with Crippen molar-refractivity contribution < 1.29 is 4.79 Å². The van der Waals surface area contributed by atoms with Gasteiger partial charge >= 0.3 is 0 Å². The number of hydrogen-bond acceptors (Lipinski definition) is 6. The zero-order valence-corrected chi connectivity index (χ0v) is 22.9. The van der Waals surface area contributed by atoms with E-state index in [0.717, 1.165) is 59.9 Å². The predicted octanol–water partition coefficient (Wildman–Crippen LogP) is 6.08. The summed E-state index contributed by atoms with van der Waals surface area (Å²) >= 11 is 0. The van der Waals surface area contributed by atoms with Gasteiger partial charge in [-0.15, -0.1) is 0 Å². The van der Waals surface area contributed by atoms with Gasteiger partial charge in [0.25, 0.3) is 0 Å². The molecule has 0 amide bonds. The van der Waals surface area contributed by atoms with Crippen molar-refractivity contribution in [2.75, 3.05) is 43.4 Å². The summed E-state index contributed by atoms with van der Waals surface area (Å²) in [6.45, 7) is 12.1. The first-order chi connectivity index (χ1) is 18.9. The first-order valence-electron chi connectivity index (χ1n) is 13.9. The van der Waals surface area contributed by atoms with Crippen molar-refractivity contribution in [1.29, 1.82) is 0 Å². The second-order valence-corrected chi connectivity index (χ2v) is 11.1. The summed E-state index contributed by atoms with van der Waals surface area (Å²) < 4.78 is 0. The highest BCUT2D eigenvalue weighted by Crippen LogP contribution is 2.45. The largest absolute Gasteiger partial charge is 0.369 e. The van der Waals surface area contributed by atoms with Gasteiger partial charge in [0.05, 0.1) is 17.0 Å². The van der Waals surface area contributed by atoms with Gasteiger partial charge in [0.1, 0.15) is 0 Å². The fraction of sp³-hybridized carbons (Fsp3) is 0.303. The summed E-state index contributed by atoms with van der Waals surface area (Å²) in [5, 5.41) is 0. The number of aryl methyl sites for hydroxylation is 1. The van der Waals surface area contributed by atoms with Crippen LogP contribution in [0.4, 0.5) is 11.6 Å². The number of carbonyl (C=O) groups excluding carboxylic acids is 1. The second-order valence-electron chi connectivity index (χ2n) is 11.1. The Kier molecular flexibility index (Phi) is 6.65. The van der Waals surface area contributed by atoms with Crippen LogP contribution in [0.1, 0.15) is 41.8 Å². The first-order valence-corrected chi connectivity index (χ1v) is 13.9. The van der Waals surface area contributed by atoms with Crippen LogP contribution in [0.3, 0.4) is 0 Å². The van der Waals surface area contributed by atoms with Crippen molar-refractivity contribution in [2.45, 2.75) is 27.2 Å². The minimum Gasteiger partial charge on any atom is -0.369 e. The molecule has 1 fully saturated rings. The number of anilines is 2. The van der Waals surface area contributed by atoms with E-state index in [4.69, 9.17) is 5.73 Å². The maximum Gasteiger partial charge on any atom is 0.221 e. The van der Waals surface area contributed by atoms with Crippen LogP contribution in [0, 0.1) is 12.8 Å². The van der Waals surface area contributed by atoms with Crippen LogP contribution >= 0.6 is 0 Å². The molecule has 198 valence electrons. The second kappa shape index (κ2) is 10.3. The third-order valence-electron chi connectivity index (χ3n) is 7.96. The van der Waals surface area contributed by atoms with Crippen LogP contribution in [0.5, 0.6) is 0 Å². The number of carbonyl (C=O) groups is 1. The molecule has 1 aliphatic carbocycles. The lowest BCUT2D eigenvalue weighted by atomic mass is 9.96. The molecule has 0 spiro atoms. The van der Waals surface area contributed by atoms with Crippen LogP contribution in [-0.2, 0) is 0 Å². The van der Waals surface area contributed by atoms with E-state index in [-0.39, 0.29) is 11.7 Å². The highest BCUT2D eigenvalue weighted by Gasteiger charge is 2.34. The predicted molar refractivity (Wildman–Crippen MR) is 159 cm³/mol. The van der Waals surface area contributed by atoms with E-state index in [2.05, 4.69) is 63.9 Å². The molecule has 6 heteroatoms. The zero-order chi connectivity index (χ0) is 27.1. The molecule has 2 heterocycles. The molecule has 1 saturated heterocycles. The van der Waals surface area contributed by atoms with Gasteiger partial charge in [-0.3, -0.25) is 9.69 Å². The van der Waals surface area contributed by atoms with Crippen molar-refractivity contribution in [1.82, 2.24) is 14.9 Å². The van der Waals surface area contributed by atoms with E-state index in [1.807, 2.05) is 43.3 Å². The molecule has 1 aliphatic heterocycles. The van der Waals surface area contributed by atoms with E-state index < -0.39 is 0 Å². The Hall–Kier alpha value is -4.03. The van der Waals surface area contributed by atoms with Crippen molar-refractivity contribution in [3.05, 3.63) is 83.4 Å². The van der Waals surface area contributed by atoms with Crippen molar-refractivity contribution >= 4 is 17.4 Å². The van der Waals surface area contributed by atoms with Gasteiger partial charge in [-0.05, 0) is 49.1 Å². The van der Waals surface area contributed by atoms with Gasteiger partial charge in [-0.2, -0.15) is 0 Å². The van der Waals surface area contributed by atoms with Crippen LogP contribution < -0.4 is 10.6 Å². The Morgan fingerprint density at radius 3 is 2.13 bits per heavy atom. The van der Waals surface area contributed by atoms with Gasteiger partial charge in [-0.1, -0.05) is 74.0 Å². The van der Waals surface area contributed by atoms with Gasteiger partial charge in [0.2, 0.25) is 5.95 Å². The number of aromatic nitrogens is 2. The molecular formula is C33H35N5O. The van der Waals surface area contributed by atoms with Gasteiger partial charge in [-0.25, -0.2) is 9.97 Å². The molecule has 39 heavy (non-hydrogen) atoms. The Morgan fingerprint density at radius 1 is 0.795 bits per heavy atom. The number of nitrogen functional groups attached to an aromatic ring is 1. The number of hydrogen-bond donors (Lipinski definition) is 1. The van der Waals surface area contributed by atoms with E-state index in [9.17, 15) is 4.79 Å². The molecule has 0 saturated carbocycles. The topological polar surface area (TPSA) is 75.3 Å². The van der Waals surface area contributed by atoms with Crippen molar-refractivity contribution in [2.24, 2.45) is 5.92 Å². The smallest absolute Gasteiger partial charge is 0.221 e. The minimum atomic E-state index is -0.0515. The number of nitrogens with two attached hydrogens (primary N) is 1. The summed E-state index contributed by atoms with van der Waals surface area (Å²) in [5.41, 5.74) is 14.7. The standard InChI is InChI=1S/C33H35N5O/c1-21(2)15-16-37-17-19-38(20-18-37)25-13-11-23(12-14-25)26-5-4-6-27-28(26)31-29(32(27)39)30(35-33(34)36-31)24-9-7-22(3)8-10-24/h4-14,21H,15-20H2,1-3H3,(H2,34,35,36). The fourth-order valence-corrected chi connectivity index (χ4v) is 5.69. The molecule has 0 bridgehead atoms. The van der Waals surface area contributed by atoms with Crippen LogP contribution in [0.2, 0.25) is 0 Å². The number of fused-ring (bicyclic) bond motifs is 3. The average molecular weight is 518 g/mol. The molecule has 0 atom stereocenters. The van der Waals surface area contributed by atoms with E-state index in [1.54, 1.807) is 0 Å². The molecule has 1 aromatic heterocycles. The van der Waals surface area contributed by atoms with Gasteiger partial charge in [0, 0.05) is 48.6 Å². The Morgan fingerprint density at radius 2 is 1.44 bits per heavy atom. The number of nitrogens with zero attached hydrogens (tertiary/aromatic N) is 4. The summed E-state index contributed by atoms with van der Waals surface area (Å²) in [6, 6.07) is 22.6. The minimum absolute atomic E-state index is 0.0515. The summed E-state index contributed by atoms with van der Waals surface area (Å²) in [7, 11) is 0. The summed E-state index contributed by atoms with van der Waals surface area (Å²) in [4.78, 5) is 27.8. The molecule has 3 aromatic carbocycles. The Balaban J connectivity index is 1.31. The highest BCUT2D eigenvalue weighted by molar-refractivity contribution is 6.25. The summed E-state index contributed by atoms with van der Waals surface area (Å²) in [5.74, 6) is 0.862. The molecule has 4 aromatic rings. The molecule has 2 aliphatic rings. The van der Waals surface area contributed by atoms with Crippen molar-refractivity contribution in [3.63, 3.8) is 0 Å². The van der Waals surface area contributed by atoms with E-state index in [1.165, 1.54) is 18.7 Å². The van der Waals surface area contributed by atoms with Crippen molar-refractivity contribution in [3.8, 4) is 33.6 Å². The lowest BCUT2D eigenvalue weighted by Gasteiger charge is -2.36. The Bertz CT molecular complexity index is 1520. The van der Waals surface area contributed by atoms with E-state index >= 15 is 0 Å².